The Bertz CT molecular complexity index is 1140. The van der Waals surface area contributed by atoms with Gasteiger partial charge < -0.3 is 10.1 Å². The van der Waals surface area contributed by atoms with Crippen LogP contribution in [0.2, 0.25) is 0 Å². The molecule has 1 amide bonds. The lowest BCUT2D eigenvalue weighted by molar-refractivity contribution is -0.115. The number of thioether (sulfide) groups is 1. The molecule has 2 atom stereocenters. The van der Waals surface area contributed by atoms with Crippen molar-refractivity contribution < 1.29 is 13.9 Å². The molecule has 0 bridgehead atoms. The summed E-state index contributed by atoms with van der Waals surface area (Å²) in [6, 6.07) is 11.2. The summed E-state index contributed by atoms with van der Waals surface area (Å²) < 4.78 is 21.4. The van der Waals surface area contributed by atoms with Crippen LogP contribution in [0.4, 0.5) is 10.1 Å². The quantitative estimate of drug-likeness (QED) is 0.383. The Morgan fingerprint density at radius 2 is 2.03 bits per heavy atom. The third-order valence-electron chi connectivity index (χ3n) is 4.46. The van der Waals surface area contributed by atoms with Crippen LogP contribution in [-0.4, -0.2) is 34.4 Å². The third kappa shape index (κ3) is 4.91. The number of nitrogens with zero attached hydrogens (tertiary/aromatic N) is 2. The maximum Gasteiger partial charge on any atom is 0.262 e. The Labute approximate surface area is 186 Å². The lowest BCUT2D eigenvalue weighted by Crippen LogP contribution is -2.30. The number of nitrogens with one attached hydrogen (secondary N) is 1. The zero-order valence-electron chi connectivity index (χ0n) is 16.7. The van der Waals surface area contributed by atoms with Crippen LogP contribution < -0.4 is 10.9 Å². The van der Waals surface area contributed by atoms with Gasteiger partial charge in [-0.3, -0.25) is 14.2 Å². The summed E-state index contributed by atoms with van der Waals surface area (Å²) in [5.41, 5.74) is 0.448. The minimum absolute atomic E-state index is 0.0901. The largest absolute Gasteiger partial charge is 0.383 e. The van der Waals surface area contributed by atoms with E-state index in [4.69, 9.17) is 4.74 Å². The number of carbonyl (C=O) groups is 1. The first-order chi connectivity index (χ1) is 14.3. The Kier molecular flexibility index (Phi) is 7.27. The van der Waals surface area contributed by atoms with E-state index in [1.54, 1.807) is 48.9 Å². The van der Waals surface area contributed by atoms with Gasteiger partial charge in [-0.05, 0) is 44.2 Å². The first-order valence-electron chi connectivity index (χ1n) is 9.24. The summed E-state index contributed by atoms with van der Waals surface area (Å²) in [7, 11) is 1.56. The number of para-hydroxylation sites is 1. The van der Waals surface area contributed by atoms with E-state index in [0.717, 1.165) is 11.8 Å². The van der Waals surface area contributed by atoms with Crippen LogP contribution in [-0.2, 0) is 9.53 Å². The number of benzene rings is 2. The van der Waals surface area contributed by atoms with Gasteiger partial charge in [0.2, 0.25) is 5.91 Å². The number of aromatic nitrogens is 2. The van der Waals surface area contributed by atoms with Crippen LogP contribution in [0.1, 0.15) is 19.9 Å². The second-order valence-electron chi connectivity index (χ2n) is 6.76. The molecule has 1 aromatic heterocycles. The lowest BCUT2D eigenvalue weighted by atomic mass is 10.2. The van der Waals surface area contributed by atoms with Crippen molar-refractivity contribution in [2.75, 3.05) is 19.0 Å². The van der Waals surface area contributed by atoms with Gasteiger partial charge in [0.05, 0.1) is 34.5 Å². The predicted octanol–water partition coefficient (Wildman–Crippen LogP) is 4.62. The highest BCUT2D eigenvalue weighted by atomic mass is 79.9. The highest BCUT2D eigenvalue weighted by Crippen LogP contribution is 2.27. The van der Waals surface area contributed by atoms with Crippen LogP contribution in [0, 0.1) is 5.82 Å². The first kappa shape index (κ1) is 22.5. The molecule has 0 unspecified atom stereocenters. The molecule has 0 saturated heterocycles. The number of carbonyl (C=O) groups excluding carboxylic acids is 1. The summed E-state index contributed by atoms with van der Waals surface area (Å²) in [6.45, 7) is 3.86. The minimum atomic E-state index is -0.623. The van der Waals surface area contributed by atoms with Gasteiger partial charge in [-0.1, -0.05) is 39.8 Å². The molecule has 9 heteroatoms. The minimum Gasteiger partial charge on any atom is -0.383 e. The number of methoxy groups -OCH3 is 1. The molecule has 0 fully saturated rings. The van der Waals surface area contributed by atoms with Crippen molar-refractivity contribution in [1.29, 1.82) is 0 Å². The highest BCUT2D eigenvalue weighted by Gasteiger charge is 2.22. The van der Waals surface area contributed by atoms with Gasteiger partial charge in [0.1, 0.15) is 5.82 Å². The fourth-order valence-electron chi connectivity index (χ4n) is 2.95. The van der Waals surface area contributed by atoms with Crippen LogP contribution in [0.15, 0.2) is 56.9 Å². The van der Waals surface area contributed by atoms with E-state index in [2.05, 4.69) is 26.2 Å². The molecule has 3 aromatic rings. The Hall–Kier alpha value is -2.23. The van der Waals surface area contributed by atoms with Gasteiger partial charge in [0, 0.05) is 11.6 Å². The van der Waals surface area contributed by atoms with Gasteiger partial charge in [-0.15, -0.1) is 0 Å². The second kappa shape index (κ2) is 9.72. The predicted molar refractivity (Wildman–Crippen MR) is 121 cm³/mol. The third-order valence-corrected chi connectivity index (χ3v) is 6.02. The lowest BCUT2D eigenvalue weighted by Gasteiger charge is -2.20. The molecule has 1 N–H and O–H groups in total. The van der Waals surface area contributed by atoms with Crippen LogP contribution in [0.3, 0.4) is 0 Å². The summed E-state index contributed by atoms with van der Waals surface area (Å²) in [6.07, 6.45) is 0. The van der Waals surface area contributed by atoms with Crippen LogP contribution in [0.5, 0.6) is 0 Å². The normalized spacial score (nSPS) is 13.2. The summed E-state index contributed by atoms with van der Waals surface area (Å²) in [4.78, 5) is 30.4. The van der Waals surface area contributed by atoms with Gasteiger partial charge in [-0.25, -0.2) is 9.37 Å². The van der Waals surface area contributed by atoms with Crippen LogP contribution in [0.25, 0.3) is 10.9 Å². The molecule has 1 heterocycles. The highest BCUT2D eigenvalue weighted by molar-refractivity contribution is 9.10. The number of amides is 1. The number of hydrogen-bond acceptors (Lipinski definition) is 5. The summed E-state index contributed by atoms with van der Waals surface area (Å²) in [5, 5.41) is 2.87. The van der Waals surface area contributed by atoms with Gasteiger partial charge in [0.15, 0.2) is 5.16 Å². The number of ether oxygens (including phenoxy) is 1. The molecule has 0 saturated carbocycles. The average Bonchev–Trinajstić information content (AvgIpc) is 2.70. The van der Waals surface area contributed by atoms with Gasteiger partial charge >= 0.3 is 0 Å². The van der Waals surface area contributed by atoms with Gasteiger partial charge in [-0.2, -0.15) is 0 Å². The van der Waals surface area contributed by atoms with E-state index < -0.39 is 17.0 Å². The molecule has 0 aliphatic carbocycles. The Morgan fingerprint density at radius 1 is 1.30 bits per heavy atom. The van der Waals surface area contributed by atoms with E-state index in [1.807, 2.05) is 6.92 Å². The fourth-order valence-corrected chi connectivity index (χ4v) is 4.29. The second-order valence-corrected chi connectivity index (χ2v) is 8.99. The topological polar surface area (TPSA) is 73.2 Å². The smallest absolute Gasteiger partial charge is 0.262 e. The summed E-state index contributed by atoms with van der Waals surface area (Å²) in [5.74, 6) is -0.932. The Balaban J connectivity index is 1.92. The number of anilines is 1. The standard InChI is InChI=1S/C21H21BrFN3O3S/c1-12(11-29-3)26-20(28)15-6-4-5-7-17(15)25-21(26)30-13(2)19(27)24-18-9-8-14(22)10-16(18)23/h4-10,12-13H,11H2,1-3H3,(H,24,27)/t12-,13-/m0/s1. The SMILES string of the molecule is COC[C@H](C)n1c(S[C@@H](C)C(=O)Nc2ccc(Br)cc2F)nc2ccccc2c1=O. The number of halogens is 2. The number of fused-ring (bicyclic) bond motifs is 1. The number of rotatable bonds is 7. The van der Waals surface area contributed by atoms with E-state index in [9.17, 15) is 14.0 Å². The van der Waals surface area contributed by atoms with E-state index in [0.29, 0.717) is 27.1 Å². The Morgan fingerprint density at radius 3 is 2.73 bits per heavy atom. The summed E-state index contributed by atoms with van der Waals surface area (Å²) >= 11 is 4.33. The average molecular weight is 494 g/mol. The van der Waals surface area contributed by atoms with Crippen molar-refractivity contribution in [2.45, 2.75) is 30.3 Å². The van der Waals surface area contributed by atoms with Crippen molar-refractivity contribution in [1.82, 2.24) is 9.55 Å². The first-order valence-corrected chi connectivity index (χ1v) is 10.9. The zero-order chi connectivity index (χ0) is 21.8. The van der Waals surface area contributed by atoms with Gasteiger partial charge in [0.25, 0.3) is 5.56 Å². The molecular weight excluding hydrogens is 473 g/mol. The van der Waals surface area contributed by atoms with Crippen molar-refractivity contribution in [3.05, 3.63) is 63.1 Å². The molecule has 0 spiro atoms. The molecule has 30 heavy (non-hydrogen) atoms. The van der Waals surface area contributed by atoms with E-state index in [-0.39, 0.29) is 17.3 Å². The molecule has 0 aliphatic heterocycles. The molecule has 6 nitrogen and oxygen atoms in total. The van der Waals surface area contributed by atoms with Crippen molar-refractivity contribution in [2.24, 2.45) is 0 Å². The van der Waals surface area contributed by atoms with Crippen molar-refractivity contribution >= 4 is 50.2 Å². The fraction of sp³-hybridized carbons (Fsp3) is 0.286. The maximum atomic E-state index is 14.1. The molecule has 0 aliphatic rings. The monoisotopic (exact) mass is 493 g/mol. The molecular formula is C21H21BrFN3O3S. The van der Waals surface area contributed by atoms with E-state index in [1.165, 1.54) is 12.1 Å². The molecule has 0 radical (unpaired) electrons. The number of hydrogen-bond donors (Lipinski definition) is 1. The van der Waals surface area contributed by atoms with Crippen molar-refractivity contribution in [3.63, 3.8) is 0 Å². The molecule has 3 rings (SSSR count). The molecule has 2 aromatic carbocycles. The van der Waals surface area contributed by atoms with Crippen LogP contribution >= 0.6 is 27.7 Å². The molecule has 158 valence electrons. The van der Waals surface area contributed by atoms with Crippen molar-refractivity contribution in [3.8, 4) is 0 Å². The van der Waals surface area contributed by atoms with E-state index >= 15 is 0 Å². The zero-order valence-corrected chi connectivity index (χ0v) is 19.1. The maximum absolute atomic E-state index is 14.1.